The number of carboxylic acid groups (broad SMARTS) is 1. The molecule has 0 aliphatic rings. The van der Waals surface area contributed by atoms with Gasteiger partial charge in [-0.2, -0.15) is 0 Å². The van der Waals surface area contributed by atoms with Crippen molar-refractivity contribution < 1.29 is 23.8 Å². The molecule has 3 aromatic carbocycles. The van der Waals surface area contributed by atoms with Crippen LogP contribution < -0.4 is 15.7 Å². The molecular formula is C27H23NO6. The van der Waals surface area contributed by atoms with E-state index in [1.807, 2.05) is 48.5 Å². The fourth-order valence-corrected chi connectivity index (χ4v) is 3.67. The Morgan fingerprint density at radius 2 is 1.65 bits per heavy atom. The number of benzene rings is 3. The van der Waals surface area contributed by atoms with Crippen LogP contribution in [0.2, 0.25) is 0 Å². The molecule has 0 aliphatic heterocycles. The first kappa shape index (κ1) is 22.8. The van der Waals surface area contributed by atoms with E-state index in [0.29, 0.717) is 11.3 Å². The number of hydrogen-bond donors (Lipinski definition) is 2. The first-order valence-corrected chi connectivity index (χ1v) is 10.8. The summed E-state index contributed by atoms with van der Waals surface area (Å²) in [7, 11) is 0. The number of fused-ring (bicyclic) bond motifs is 1. The van der Waals surface area contributed by atoms with Gasteiger partial charge in [0.1, 0.15) is 17.4 Å². The van der Waals surface area contributed by atoms with Gasteiger partial charge in [0.2, 0.25) is 0 Å². The minimum Gasteiger partial charge on any atom is -0.481 e. The van der Waals surface area contributed by atoms with Gasteiger partial charge in [-0.25, -0.2) is 9.59 Å². The first-order valence-electron chi connectivity index (χ1n) is 10.8. The molecule has 0 saturated heterocycles. The van der Waals surface area contributed by atoms with Crippen LogP contribution in [0.25, 0.3) is 22.1 Å². The Bertz CT molecular complexity index is 1360. The summed E-state index contributed by atoms with van der Waals surface area (Å²) in [6.07, 6.45) is -0.822. The van der Waals surface area contributed by atoms with Gasteiger partial charge in [0.05, 0.1) is 0 Å². The molecule has 1 aromatic heterocycles. The molecule has 0 radical (unpaired) electrons. The van der Waals surface area contributed by atoms with Crippen LogP contribution >= 0.6 is 0 Å². The van der Waals surface area contributed by atoms with Crippen LogP contribution in [0.1, 0.15) is 12.5 Å². The molecule has 2 atom stereocenters. The minimum absolute atomic E-state index is 0.151. The summed E-state index contributed by atoms with van der Waals surface area (Å²) in [5.41, 5.74) is 2.22. The number of aliphatic carboxylic acids is 1. The number of amides is 1. The fraction of sp³-hybridized carbons (Fsp3) is 0.148. The number of rotatable bonds is 8. The molecular weight excluding hydrogens is 434 g/mol. The topological polar surface area (TPSA) is 106 Å². The van der Waals surface area contributed by atoms with Crippen LogP contribution in [0.15, 0.2) is 94.1 Å². The molecule has 34 heavy (non-hydrogen) atoms. The zero-order chi connectivity index (χ0) is 24.1. The molecule has 0 fully saturated rings. The quantitative estimate of drug-likeness (QED) is 0.387. The van der Waals surface area contributed by atoms with Gasteiger partial charge in [0.15, 0.2) is 6.10 Å². The van der Waals surface area contributed by atoms with E-state index in [-0.39, 0.29) is 6.42 Å². The number of carbonyl (C=O) groups is 2. The molecule has 4 rings (SSSR count). The number of carbonyl (C=O) groups excluding carboxylic acids is 1. The molecule has 172 valence electrons. The summed E-state index contributed by atoms with van der Waals surface area (Å²) >= 11 is 0. The monoisotopic (exact) mass is 457 g/mol. The Morgan fingerprint density at radius 3 is 2.32 bits per heavy atom. The highest BCUT2D eigenvalue weighted by Gasteiger charge is 2.24. The predicted octanol–water partition coefficient (Wildman–Crippen LogP) is 4.04. The van der Waals surface area contributed by atoms with Crippen molar-refractivity contribution >= 4 is 22.8 Å². The smallest absolute Gasteiger partial charge is 0.336 e. The van der Waals surface area contributed by atoms with E-state index >= 15 is 0 Å². The summed E-state index contributed by atoms with van der Waals surface area (Å²) in [6.45, 7) is 1.53. The lowest BCUT2D eigenvalue weighted by Crippen LogP contribution is -2.47. The third-order valence-corrected chi connectivity index (χ3v) is 5.38. The van der Waals surface area contributed by atoms with Crippen molar-refractivity contribution in [2.24, 2.45) is 0 Å². The van der Waals surface area contributed by atoms with Crippen LogP contribution in [0.3, 0.4) is 0 Å². The number of ether oxygens (including phenoxy) is 1. The molecule has 1 heterocycles. The second-order valence-corrected chi connectivity index (χ2v) is 7.85. The Kier molecular flexibility index (Phi) is 6.73. The fourth-order valence-electron chi connectivity index (χ4n) is 3.67. The Morgan fingerprint density at radius 1 is 0.971 bits per heavy atom. The van der Waals surface area contributed by atoms with Crippen molar-refractivity contribution in [1.29, 1.82) is 0 Å². The van der Waals surface area contributed by atoms with Gasteiger partial charge >= 0.3 is 11.6 Å². The van der Waals surface area contributed by atoms with Crippen LogP contribution in [0.4, 0.5) is 0 Å². The predicted molar refractivity (Wildman–Crippen MR) is 128 cm³/mol. The van der Waals surface area contributed by atoms with Crippen molar-refractivity contribution in [3.05, 3.63) is 101 Å². The van der Waals surface area contributed by atoms with E-state index in [0.717, 1.165) is 22.1 Å². The maximum Gasteiger partial charge on any atom is 0.336 e. The summed E-state index contributed by atoms with van der Waals surface area (Å²) in [4.78, 5) is 36.4. The summed E-state index contributed by atoms with van der Waals surface area (Å²) in [5, 5.41) is 12.8. The lowest BCUT2D eigenvalue weighted by molar-refractivity contribution is -0.142. The van der Waals surface area contributed by atoms with Gasteiger partial charge in [-0.05, 0) is 35.7 Å². The molecule has 4 aromatic rings. The maximum atomic E-state index is 12.6. The van der Waals surface area contributed by atoms with Crippen LogP contribution in [0.5, 0.6) is 5.75 Å². The molecule has 7 heteroatoms. The van der Waals surface area contributed by atoms with Crippen LogP contribution in [0, 0.1) is 0 Å². The Hall–Kier alpha value is -4.39. The van der Waals surface area contributed by atoms with Crippen molar-refractivity contribution in [2.75, 3.05) is 0 Å². The number of hydrogen-bond acceptors (Lipinski definition) is 5. The van der Waals surface area contributed by atoms with E-state index < -0.39 is 29.6 Å². The Labute approximate surface area is 195 Å². The SMILES string of the molecule is CC(Oc1ccc2c(-c3ccccc3)cc(=O)oc2c1)C(=O)N[C@H](Cc1ccccc1)C(=O)O. The normalized spacial score (nSPS) is 12.6. The third kappa shape index (κ3) is 5.32. The van der Waals surface area contributed by atoms with E-state index in [4.69, 9.17) is 9.15 Å². The van der Waals surface area contributed by atoms with Gasteiger partial charge in [0.25, 0.3) is 5.91 Å². The molecule has 1 unspecified atom stereocenters. The van der Waals surface area contributed by atoms with E-state index in [1.165, 1.54) is 13.0 Å². The van der Waals surface area contributed by atoms with Crippen molar-refractivity contribution in [1.82, 2.24) is 5.32 Å². The molecule has 0 spiro atoms. The van der Waals surface area contributed by atoms with Crippen LogP contribution in [-0.2, 0) is 16.0 Å². The summed E-state index contributed by atoms with van der Waals surface area (Å²) in [6, 6.07) is 23.8. The molecule has 7 nitrogen and oxygen atoms in total. The standard InChI is InChI=1S/C27H23NO6/c1-17(26(30)28-23(27(31)32)14-18-8-4-2-5-9-18)33-20-12-13-21-22(19-10-6-3-7-11-19)16-25(29)34-24(21)15-20/h2-13,15-17,23H,14H2,1H3,(H,28,30)(H,31,32)/t17?,23-/m1/s1. The van der Waals surface area contributed by atoms with Gasteiger partial charge in [-0.15, -0.1) is 0 Å². The zero-order valence-electron chi connectivity index (χ0n) is 18.4. The first-order chi connectivity index (χ1) is 16.4. The average Bonchev–Trinajstić information content (AvgIpc) is 2.84. The molecule has 1 amide bonds. The molecule has 0 saturated carbocycles. The van der Waals surface area contributed by atoms with Gasteiger partial charge < -0.3 is 19.6 Å². The van der Waals surface area contributed by atoms with Crippen molar-refractivity contribution in [2.45, 2.75) is 25.5 Å². The van der Waals surface area contributed by atoms with E-state index in [1.54, 1.807) is 30.3 Å². The van der Waals surface area contributed by atoms with Crippen molar-refractivity contribution in [3.63, 3.8) is 0 Å². The zero-order valence-corrected chi connectivity index (χ0v) is 18.4. The highest BCUT2D eigenvalue weighted by atomic mass is 16.5. The highest BCUT2D eigenvalue weighted by molar-refractivity contribution is 5.94. The minimum atomic E-state index is -1.13. The number of carboxylic acids is 1. The Balaban J connectivity index is 1.51. The largest absolute Gasteiger partial charge is 0.481 e. The van der Waals surface area contributed by atoms with Crippen molar-refractivity contribution in [3.8, 4) is 16.9 Å². The average molecular weight is 457 g/mol. The lowest BCUT2D eigenvalue weighted by atomic mass is 10.0. The number of nitrogens with one attached hydrogen (secondary N) is 1. The third-order valence-electron chi connectivity index (χ3n) is 5.38. The summed E-state index contributed by atoms with van der Waals surface area (Å²) < 4.78 is 11.1. The van der Waals surface area contributed by atoms with Gasteiger partial charge in [-0.3, -0.25) is 4.79 Å². The second-order valence-electron chi connectivity index (χ2n) is 7.85. The molecule has 0 bridgehead atoms. The van der Waals surface area contributed by atoms with Crippen LogP contribution in [-0.4, -0.2) is 29.1 Å². The molecule has 0 aliphatic carbocycles. The van der Waals surface area contributed by atoms with E-state index in [2.05, 4.69) is 5.32 Å². The molecule has 2 N–H and O–H groups in total. The van der Waals surface area contributed by atoms with Gasteiger partial charge in [0, 0.05) is 23.9 Å². The highest BCUT2D eigenvalue weighted by Crippen LogP contribution is 2.29. The maximum absolute atomic E-state index is 12.6. The lowest BCUT2D eigenvalue weighted by Gasteiger charge is -2.19. The second kappa shape index (κ2) is 10.0. The van der Waals surface area contributed by atoms with Gasteiger partial charge in [-0.1, -0.05) is 60.7 Å². The van der Waals surface area contributed by atoms with E-state index in [9.17, 15) is 19.5 Å². The summed E-state index contributed by atoms with van der Waals surface area (Å²) in [5.74, 6) is -1.38.